The SMILES string of the molecule is CCSCCCn1nc(C)c(CCN)c1C. The van der Waals surface area contributed by atoms with Gasteiger partial charge in [0.1, 0.15) is 0 Å². The second kappa shape index (κ2) is 6.97. The van der Waals surface area contributed by atoms with E-state index in [1.807, 2.05) is 11.8 Å². The number of hydrogen-bond acceptors (Lipinski definition) is 3. The van der Waals surface area contributed by atoms with Gasteiger partial charge in [-0.1, -0.05) is 6.92 Å². The van der Waals surface area contributed by atoms with Gasteiger partial charge in [-0.3, -0.25) is 4.68 Å². The van der Waals surface area contributed by atoms with Crippen LogP contribution in [0.15, 0.2) is 0 Å². The van der Waals surface area contributed by atoms with Crippen LogP contribution in [0, 0.1) is 13.8 Å². The zero-order valence-electron chi connectivity index (χ0n) is 10.6. The van der Waals surface area contributed by atoms with Crippen LogP contribution in [-0.4, -0.2) is 27.8 Å². The third-order valence-corrected chi connectivity index (χ3v) is 3.77. The molecule has 1 rings (SSSR count). The van der Waals surface area contributed by atoms with Crippen molar-refractivity contribution in [3.05, 3.63) is 17.0 Å². The summed E-state index contributed by atoms with van der Waals surface area (Å²) in [6.45, 7) is 8.17. The number of thioether (sulfide) groups is 1. The van der Waals surface area contributed by atoms with Crippen LogP contribution in [0.1, 0.15) is 30.3 Å². The van der Waals surface area contributed by atoms with E-state index in [9.17, 15) is 0 Å². The normalized spacial score (nSPS) is 11.0. The molecule has 0 saturated carbocycles. The molecule has 0 bridgehead atoms. The minimum absolute atomic E-state index is 0.707. The molecular weight excluding hydrogens is 218 g/mol. The highest BCUT2D eigenvalue weighted by atomic mass is 32.2. The zero-order chi connectivity index (χ0) is 12.0. The van der Waals surface area contributed by atoms with Crippen molar-refractivity contribution in [1.29, 1.82) is 0 Å². The minimum Gasteiger partial charge on any atom is -0.330 e. The molecule has 92 valence electrons. The summed E-state index contributed by atoms with van der Waals surface area (Å²) < 4.78 is 2.14. The summed E-state index contributed by atoms with van der Waals surface area (Å²) in [6.07, 6.45) is 2.14. The number of hydrogen-bond donors (Lipinski definition) is 1. The van der Waals surface area contributed by atoms with Crippen LogP contribution in [0.4, 0.5) is 0 Å². The van der Waals surface area contributed by atoms with Crippen molar-refractivity contribution in [3.63, 3.8) is 0 Å². The molecule has 0 radical (unpaired) electrons. The van der Waals surface area contributed by atoms with E-state index in [4.69, 9.17) is 5.73 Å². The van der Waals surface area contributed by atoms with Gasteiger partial charge in [0.25, 0.3) is 0 Å². The van der Waals surface area contributed by atoms with Crippen molar-refractivity contribution in [3.8, 4) is 0 Å². The van der Waals surface area contributed by atoms with E-state index in [1.165, 1.54) is 29.2 Å². The Morgan fingerprint density at radius 2 is 2.12 bits per heavy atom. The van der Waals surface area contributed by atoms with Crippen molar-refractivity contribution < 1.29 is 0 Å². The van der Waals surface area contributed by atoms with Crippen molar-refractivity contribution in [2.45, 2.75) is 40.2 Å². The van der Waals surface area contributed by atoms with Crippen LogP contribution < -0.4 is 5.73 Å². The lowest BCUT2D eigenvalue weighted by Gasteiger charge is -2.04. The Morgan fingerprint density at radius 3 is 2.75 bits per heavy atom. The monoisotopic (exact) mass is 241 g/mol. The lowest BCUT2D eigenvalue weighted by molar-refractivity contribution is 0.585. The van der Waals surface area contributed by atoms with Crippen LogP contribution in [0.2, 0.25) is 0 Å². The molecule has 1 heterocycles. The first-order chi connectivity index (χ1) is 7.70. The average molecular weight is 241 g/mol. The Bertz CT molecular complexity index is 320. The Balaban J connectivity index is 2.56. The van der Waals surface area contributed by atoms with E-state index in [0.29, 0.717) is 6.54 Å². The Kier molecular flexibility index (Phi) is 5.91. The molecule has 3 nitrogen and oxygen atoms in total. The lowest BCUT2D eigenvalue weighted by atomic mass is 10.1. The van der Waals surface area contributed by atoms with Gasteiger partial charge in [-0.25, -0.2) is 0 Å². The van der Waals surface area contributed by atoms with Crippen LogP contribution in [0.3, 0.4) is 0 Å². The van der Waals surface area contributed by atoms with E-state index in [2.05, 4.69) is 30.6 Å². The largest absolute Gasteiger partial charge is 0.330 e. The third-order valence-electron chi connectivity index (χ3n) is 2.79. The van der Waals surface area contributed by atoms with E-state index in [0.717, 1.165) is 18.7 Å². The standard InChI is InChI=1S/C12H23N3S/c1-4-16-9-5-8-15-11(3)12(6-7-13)10(2)14-15/h4-9,13H2,1-3H3. The van der Waals surface area contributed by atoms with E-state index < -0.39 is 0 Å². The van der Waals surface area contributed by atoms with Gasteiger partial charge in [-0.05, 0) is 50.3 Å². The number of aromatic nitrogens is 2. The lowest BCUT2D eigenvalue weighted by Crippen LogP contribution is -2.06. The number of aryl methyl sites for hydroxylation is 2. The van der Waals surface area contributed by atoms with Gasteiger partial charge in [0.05, 0.1) is 5.69 Å². The van der Waals surface area contributed by atoms with E-state index >= 15 is 0 Å². The molecule has 0 atom stereocenters. The number of nitrogens with two attached hydrogens (primary N) is 1. The second-order valence-electron chi connectivity index (χ2n) is 3.96. The van der Waals surface area contributed by atoms with Crippen molar-refractivity contribution in [2.24, 2.45) is 5.73 Å². The van der Waals surface area contributed by atoms with Gasteiger partial charge in [0, 0.05) is 12.2 Å². The Labute approximate surface area is 103 Å². The summed E-state index contributed by atoms with van der Waals surface area (Å²) in [6, 6.07) is 0. The molecule has 0 aliphatic rings. The van der Waals surface area contributed by atoms with Crippen LogP contribution >= 0.6 is 11.8 Å². The fourth-order valence-electron chi connectivity index (χ4n) is 1.92. The molecule has 1 aromatic rings. The molecular formula is C12H23N3S. The maximum Gasteiger partial charge on any atom is 0.0628 e. The third kappa shape index (κ3) is 3.52. The summed E-state index contributed by atoms with van der Waals surface area (Å²) >= 11 is 1.99. The highest BCUT2D eigenvalue weighted by Gasteiger charge is 2.09. The topological polar surface area (TPSA) is 43.8 Å². The summed E-state index contributed by atoms with van der Waals surface area (Å²) in [7, 11) is 0. The number of rotatable bonds is 7. The van der Waals surface area contributed by atoms with E-state index in [-0.39, 0.29) is 0 Å². The summed E-state index contributed by atoms with van der Waals surface area (Å²) in [5.41, 5.74) is 9.39. The molecule has 4 heteroatoms. The Morgan fingerprint density at radius 1 is 1.38 bits per heavy atom. The number of nitrogens with zero attached hydrogens (tertiary/aromatic N) is 2. The van der Waals surface area contributed by atoms with Crippen molar-refractivity contribution in [1.82, 2.24) is 9.78 Å². The van der Waals surface area contributed by atoms with Crippen LogP contribution in [-0.2, 0) is 13.0 Å². The fourth-order valence-corrected chi connectivity index (χ4v) is 2.54. The second-order valence-corrected chi connectivity index (χ2v) is 5.36. The summed E-state index contributed by atoms with van der Waals surface area (Å²) in [4.78, 5) is 0. The zero-order valence-corrected chi connectivity index (χ0v) is 11.4. The average Bonchev–Trinajstić information content (AvgIpc) is 2.53. The smallest absolute Gasteiger partial charge is 0.0628 e. The molecule has 0 saturated heterocycles. The molecule has 0 amide bonds. The predicted molar refractivity (Wildman–Crippen MR) is 72.1 cm³/mol. The Hall–Kier alpha value is -0.480. The first kappa shape index (κ1) is 13.6. The molecule has 16 heavy (non-hydrogen) atoms. The van der Waals surface area contributed by atoms with Crippen LogP contribution in [0.5, 0.6) is 0 Å². The summed E-state index contributed by atoms with van der Waals surface area (Å²) in [5, 5.41) is 4.58. The highest BCUT2D eigenvalue weighted by Crippen LogP contribution is 2.14. The quantitative estimate of drug-likeness (QED) is 0.744. The maximum absolute atomic E-state index is 5.61. The van der Waals surface area contributed by atoms with Crippen LogP contribution in [0.25, 0.3) is 0 Å². The molecule has 1 aromatic heterocycles. The first-order valence-corrected chi connectivity index (χ1v) is 7.16. The maximum atomic E-state index is 5.61. The van der Waals surface area contributed by atoms with E-state index in [1.54, 1.807) is 0 Å². The van der Waals surface area contributed by atoms with Gasteiger partial charge >= 0.3 is 0 Å². The molecule has 0 spiro atoms. The van der Waals surface area contributed by atoms with Gasteiger partial charge in [0.2, 0.25) is 0 Å². The molecule has 0 aliphatic carbocycles. The van der Waals surface area contributed by atoms with Gasteiger partial charge < -0.3 is 5.73 Å². The highest BCUT2D eigenvalue weighted by molar-refractivity contribution is 7.99. The molecule has 0 aliphatic heterocycles. The minimum atomic E-state index is 0.707. The molecule has 0 aromatic carbocycles. The predicted octanol–water partition coefficient (Wildman–Crippen LogP) is 2.14. The molecule has 0 unspecified atom stereocenters. The van der Waals surface area contributed by atoms with Gasteiger partial charge in [-0.2, -0.15) is 16.9 Å². The van der Waals surface area contributed by atoms with Gasteiger partial charge in [-0.15, -0.1) is 0 Å². The molecule has 0 fully saturated rings. The summed E-state index contributed by atoms with van der Waals surface area (Å²) in [5.74, 6) is 2.43. The first-order valence-electron chi connectivity index (χ1n) is 6.01. The molecule has 2 N–H and O–H groups in total. The fraction of sp³-hybridized carbons (Fsp3) is 0.750. The van der Waals surface area contributed by atoms with Crippen molar-refractivity contribution in [2.75, 3.05) is 18.1 Å². The van der Waals surface area contributed by atoms with Crippen molar-refractivity contribution >= 4 is 11.8 Å². The van der Waals surface area contributed by atoms with Gasteiger partial charge in [0.15, 0.2) is 0 Å².